The van der Waals surface area contributed by atoms with Crippen LogP contribution in [0.1, 0.15) is 22.8 Å². The topological polar surface area (TPSA) is 140 Å². The number of carbonyl (C=O) groups excluding carboxylic acids is 1. The molecular formula is C26H20Cl2N3NaO6S. The second-order valence-corrected chi connectivity index (χ2v) is 10.2. The summed E-state index contributed by atoms with van der Waals surface area (Å²) in [5, 5.41) is 25.1. The van der Waals surface area contributed by atoms with Gasteiger partial charge in [-0.05, 0) is 55.1 Å². The number of benzene rings is 4. The smallest absolute Gasteiger partial charge is 0.870 e. The van der Waals surface area contributed by atoms with Crippen molar-refractivity contribution >= 4 is 67.1 Å². The molecule has 0 aliphatic heterocycles. The maximum atomic E-state index is 13.5. The summed E-state index contributed by atoms with van der Waals surface area (Å²) in [4.78, 5) is 12.6. The molecule has 2 N–H and O–H groups in total. The Labute approximate surface area is 256 Å². The summed E-state index contributed by atoms with van der Waals surface area (Å²) in [6, 6.07) is 15.6. The number of hydrogen-bond donors (Lipinski definition) is 2. The fraction of sp³-hybridized carbons (Fsp3) is 0.115. The van der Waals surface area contributed by atoms with Gasteiger partial charge in [-0.25, -0.2) is 0 Å². The predicted octanol–water partition coefficient (Wildman–Crippen LogP) is 3.85. The van der Waals surface area contributed by atoms with Crippen LogP contribution >= 0.6 is 23.2 Å². The van der Waals surface area contributed by atoms with Crippen LogP contribution in [0, 0.1) is 6.92 Å². The monoisotopic (exact) mass is 595 g/mol. The predicted molar refractivity (Wildman–Crippen MR) is 144 cm³/mol. The van der Waals surface area contributed by atoms with E-state index in [1.807, 2.05) is 0 Å². The van der Waals surface area contributed by atoms with E-state index in [-0.39, 0.29) is 57.2 Å². The van der Waals surface area contributed by atoms with E-state index in [4.69, 9.17) is 27.9 Å². The van der Waals surface area contributed by atoms with Gasteiger partial charge in [0, 0.05) is 16.0 Å². The molecule has 39 heavy (non-hydrogen) atoms. The summed E-state index contributed by atoms with van der Waals surface area (Å²) in [7, 11) is -4.76. The molecule has 0 aromatic heterocycles. The minimum atomic E-state index is -4.76. The van der Waals surface area contributed by atoms with E-state index < -0.39 is 26.7 Å². The van der Waals surface area contributed by atoms with E-state index in [1.165, 1.54) is 24.3 Å². The van der Waals surface area contributed by atoms with Crippen LogP contribution in [0.5, 0.6) is 11.5 Å². The second kappa shape index (κ2) is 12.6. The van der Waals surface area contributed by atoms with Crippen LogP contribution in [-0.4, -0.2) is 25.5 Å². The molecule has 0 saturated carbocycles. The first-order valence-corrected chi connectivity index (χ1v) is 13.4. The van der Waals surface area contributed by atoms with Gasteiger partial charge in [-0.1, -0.05) is 59.3 Å². The quantitative estimate of drug-likeness (QED) is 0.189. The molecule has 0 unspecified atom stereocenters. The largest absolute Gasteiger partial charge is 1.00 e. The van der Waals surface area contributed by atoms with Crippen molar-refractivity contribution in [1.29, 1.82) is 0 Å². The molecule has 0 aliphatic rings. The third-order valence-corrected chi connectivity index (χ3v) is 7.26. The van der Waals surface area contributed by atoms with Gasteiger partial charge in [-0.15, -0.1) is 5.11 Å². The molecule has 4 aromatic carbocycles. The van der Waals surface area contributed by atoms with Gasteiger partial charge in [-0.3, -0.25) is 9.35 Å². The fourth-order valence-electron chi connectivity index (χ4n) is 3.72. The number of aryl methyl sites for hydroxylation is 1. The van der Waals surface area contributed by atoms with Gasteiger partial charge in [0.25, 0.3) is 16.0 Å². The number of rotatable bonds is 7. The molecular weight excluding hydrogens is 576 g/mol. The summed E-state index contributed by atoms with van der Waals surface area (Å²) in [6.07, 6.45) is 0. The standard InChI is InChI=1S/C26H21Cl2N3O6S.Na/c1-3-37-21-11-9-16(27)13-20(21)29-26(33)18-12-15-6-4-5-7-17(15)23(24(18)32)31-30-19-10-8-14(2)22(28)25(19)38(34,35)36;/h4-13,32H,3H2,1-2H3,(H,29,33)(H,34,35,36);/q;+1/p-1. The van der Waals surface area contributed by atoms with Crippen LogP contribution in [0.3, 0.4) is 0 Å². The summed E-state index contributed by atoms with van der Waals surface area (Å²) in [5.74, 6) is -1.12. The maximum Gasteiger partial charge on any atom is 1.00 e. The zero-order valence-electron chi connectivity index (χ0n) is 21.0. The zero-order valence-corrected chi connectivity index (χ0v) is 25.4. The number of nitrogens with one attached hydrogen (secondary N) is 1. The van der Waals surface area contributed by atoms with Crippen molar-refractivity contribution in [2.24, 2.45) is 10.2 Å². The van der Waals surface area contributed by atoms with Gasteiger partial charge < -0.3 is 15.2 Å². The Morgan fingerprint density at radius 3 is 2.49 bits per heavy atom. The first-order chi connectivity index (χ1) is 18.0. The number of amides is 1. The molecule has 196 valence electrons. The number of nitrogens with zero attached hydrogens (tertiary/aromatic N) is 2. The third kappa shape index (κ3) is 6.72. The van der Waals surface area contributed by atoms with Crippen LogP contribution in [-0.2, 0) is 10.1 Å². The van der Waals surface area contributed by atoms with Gasteiger partial charge in [0.15, 0.2) is 0 Å². The first kappa shape index (κ1) is 30.8. The number of anilines is 1. The van der Waals surface area contributed by atoms with Gasteiger partial charge >= 0.3 is 29.6 Å². The Morgan fingerprint density at radius 2 is 1.79 bits per heavy atom. The van der Waals surface area contributed by atoms with E-state index in [2.05, 4.69) is 15.5 Å². The van der Waals surface area contributed by atoms with Crippen LogP contribution in [0.25, 0.3) is 10.8 Å². The van der Waals surface area contributed by atoms with Crippen LogP contribution in [0.15, 0.2) is 75.8 Å². The van der Waals surface area contributed by atoms with Crippen molar-refractivity contribution in [3.8, 4) is 11.5 Å². The molecule has 0 aliphatic carbocycles. The van der Waals surface area contributed by atoms with E-state index in [9.17, 15) is 22.9 Å². The van der Waals surface area contributed by atoms with E-state index in [0.29, 0.717) is 33.7 Å². The average Bonchev–Trinajstić information content (AvgIpc) is 2.86. The van der Waals surface area contributed by atoms with Crippen LogP contribution < -0.4 is 44.7 Å². The SMILES string of the molecule is CCOc1ccc(Cl)cc1NC(=O)c1cc2ccccc2c(N=Nc2ccc(C)c(Cl)c2S(=O)(=O)O)c1[O-].[Na+]. The van der Waals surface area contributed by atoms with Gasteiger partial charge in [0.1, 0.15) is 16.3 Å². The average molecular weight is 596 g/mol. The minimum absolute atomic E-state index is 0. The molecule has 4 rings (SSSR count). The molecule has 0 spiro atoms. The number of halogens is 2. The van der Waals surface area contributed by atoms with Crippen molar-refractivity contribution in [3.63, 3.8) is 0 Å². The molecule has 0 radical (unpaired) electrons. The molecule has 0 saturated heterocycles. The Hall–Kier alpha value is -2.70. The van der Waals surface area contributed by atoms with E-state index in [0.717, 1.165) is 0 Å². The van der Waals surface area contributed by atoms with Crippen molar-refractivity contribution in [2.45, 2.75) is 18.7 Å². The second-order valence-electron chi connectivity index (χ2n) is 8.07. The zero-order chi connectivity index (χ0) is 27.6. The Kier molecular flexibility index (Phi) is 10.0. The fourth-order valence-corrected chi connectivity index (χ4v) is 5.11. The summed E-state index contributed by atoms with van der Waals surface area (Å²) < 4.78 is 39.2. The Bertz CT molecular complexity index is 1710. The van der Waals surface area contributed by atoms with Crippen molar-refractivity contribution in [2.75, 3.05) is 11.9 Å². The molecule has 4 aromatic rings. The molecule has 0 bridgehead atoms. The van der Waals surface area contributed by atoms with Crippen LogP contribution in [0.4, 0.5) is 17.1 Å². The van der Waals surface area contributed by atoms with E-state index in [1.54, 1.807) is 50.2 Å². The van der Waals surface area contributed by atoms with Gasteiger partial charge in [0.2, 0.25) is 0 Å². The van der Waals surface area contributed by atoms with E-state index >= 15 is 0 Å². The molecule has 1 amide bonds. The summed E-state index contributed by atoms with van der Waals surface area (Å²) in [6.45, 7) is 3.68. The minimum Gasteiger partial charge on any atom is -0.870 e. The molecule has 13 heteroatoms. The van der Waals surface area contributed by atoms with Crippen molar-refractivity contribution < 1.29 is 57.2 Å². The number of fused-ring (bicyclic) bond motifs is 1. The first-order valence-electron chi connectivity index (χ1n) is 11.2. The maximum absolute atomic E-state index is 13.5. The Balaban J connectivity index is 0.00000420. The molecule has 0 heterocycles. The summed E-state index contributed by atoms with van der Waals surface area (Å²) >= 11 is 12.2. The molecule has 9 nitrogen and oxygen atoms in total. The Morgan fingerprint density at radius 1 is 1.08 bits per heavy atom. The van der Waals surface area contributed by atoms with Crippen LogP contribution in [0.2, 0.25) is 10.0 Å². The molecule has 0 atom stereocenters. The summed E-state index contributed by atoms with van der Waals surface area (Å²) in [5.41, 5.74) is -0.0624. The normalized spacial score (nSPS) is 11.4. The number of ether oxygens (including phenoxy) is 1. The molecule has 0 fully saturated rings. The third-order valence-electron chi connectivity index (χ3n) is 5.49. The number of hydrogen-bond acceptors (Lipinski definition) is 7. The van der Waals surface area contributed by atoms with Gasteiger partial charge in [0.05, 0.1) is 23.0 Å². The number of carbonyl (C=O) groups is 1. The number of azo groups is 1. The van der Waals surface area contributed by atoms with Crippen molar-refractivity contribution in [1.82, 2.24) is 0 Å². The van der Waals surface area contributed by atoms with Crippen molar-refractivity contribution in [3.05, 3.63) is 81.8 Å². The van der Waals surface area contributed by atoms with Gasteiger partial charge in [-0.2, -0.15) is 13.5 Å².